The lowest BCUT2D eigenvalue weighted by Crippen LogP contribution is -2.28. The summed E-state index contributed by atoms with van der Waals surface area (Å²) >= 11 is 0. The molecule has 0 spiro atoms. The van der Waals surface area contributed by atoms with E-state index in [1.165, 1.54) is 0 Å². The molecule has 2 rings (SSSR count). The second kappa shape index (κ2) is 7.18. The fourth-order valence-corrected chi connectivity index (χ4v) is 1.70. The van der Waals surface area contributed by atoms with Crippen molar-refractivity contribution in [2.75, 3.05) is 18.9 Å². The van der Waals surface area contributed by atoms with Crippen LogP contribution in [-0.2, 0) is 11.3 Å². The molecule has 2 aromatic rings. The van der Waals surface area contributed by atoms with Crippen molar-refractivity contribution in [3.63, 3.8) is 0 Å². The summed E-state index contributed by atoms with van der Waals surface area (Å²) in [6, 6.07) is 7.23. The summed E-state index contributed by atoms with van der Waals surface area (Å²) in [5, 5.41) is 2.82. The number of nitrogen functional groups attached to an aromatic ring is 1. The second-order valence-corrected chi connectivity index (χ2v) is 4.29. The number of nitrogens with one attached hydrogen (secondary N) is 1. The van der Waals surface area contributed by atoms with Crippen LogP contribution in [-0.4, -0.2) is 28.6 Å². The monoisotopic (exact) mass is 274 g/mol. The van der Waals surface area contributed by atoms with E-state index in [0.717, 1.165) is 0 Å². The summed E-state index contributed by atoms with van der Waals surface area (Å²) in [7, 11) is 0. The molecule has 1 heterocycles. The number of aromatic nitrogens is 2. The smallest absolute Gasteiger partial charge is 0.223 e. The van der Waals surface area contributed by atoms with Gasteiger partial charge in [-0.1, -0.05) is 12.1 Å². The first-order chi connectivity index (χ1) is 9.75. The molecule has 0 unspecified atom stereocenters. The van der Waals surface area contributed by atoms with Gasteiger partial charge in [-0.3, -0.25) is 4.79 Å². The number of rotatable bonds is 7. The van der Waals surface area contributed by atoms with Gasteiger partial charge < -0.3 is 20.4 Å². The molecule has 0 aliphatic heterocycles. The number of carbonyl (C=O) groups is 1. The van der Waals surface area contributed by atoms with E-state index in [2.05, 4.69) is 10.3 Å². The lowest BCUT2D eigenvalue weighted by molar-refractivity contribution is -0.121. The van der Waals surface area contributed by atoms with Gasteiger partial charge in [-0.15, -0.1) is 0 Å². The highest BCUT2D eigenvalue weighted by Gasteiger charge is 2.03. The third kappa shape index (κ3) is 4.31. The maximum atomic E-state index is 11.6. The zero-order valence-electron chi connectivity index (χ0n) is 11.2. The van der Waals surface area contributed by atoms with Gasteiger partial charge in [0.25, 0.3) is 0 Å². The van der Waals surface area contributed by atoms with Crippen LogP contribution in [0.3, 0.4) is 0 Å². The number of imidazole rings is 1. The molecule has 0 atom stereocenters. The Morgan fingerprint density at radius 3 is 3.00 bits per heavy atom. The van der Waals surface area contributed by atoms with Gasteiger partial charge in [-0.25, -0.2) is 4.98 Å². The van der Waals surface area contributed by atoms with E-state index in [9.17, 15) is 4.79 Å². The van der Waals surface area contributed by atoms with Crippen molar-refractivity contribution in [3.8, 4) is 5.75 Å². The van der Waals surface area contributed by atoms with E-state index >= 15 is 0 Å². The normalized spacial score (nSPS) is 10.2. The molecule has 0 bridgehead atoms. The lowest BCUT2D eigenvalue weighted by Gasteiger charge is -2.09. The SMILES string of the molecule is Nc1ccccc1OCCC(=O)NCCn1ccnc1. The predicted octanol–water partition coefficient (Wildman–Crippen LogP) is 1.05. The molecule has 0 aliphatic rings. The Morgan fingerprint density at radius 2 is 2.25 bits per heavy atom. The van der Waals surface area contributed by atoms with Crippen LogP contribution in [0.15, 0.2) is 43.0 Å². The standard InChI is InChI=1S/C14H18N4O2/c15-12-3-1-2-4-13(12)20-10-5-14(19)17-7-9-18-8-6-16-11-18/h1-4,6,8,11H,5,7,9-10,15H2,(H,17,19). The van der Waals surface area contributed by atoms with Crippen LogP contribution in [0, 0.1) is 0 Å². The first-order valence-electron chi connectivity index (χ1n) is 6.45. The Hall–Kier alpha value is -2.50. The van der Waals surface area contributed by atoms with E-state index in [0.29, 0.717) is 37.6 Å². The predicted molar refractivity (Wildman–Crippen MR) is 76.2 cm³/mol. The summed E-state index contributed by atoms with van der Waals surface area (Å²) in [5.41, 5.74) is 6.31. The highest BCUT2D eigenvalue weighted by Crippen LogP contribution is 2.19. The molecule has 1 aromatic carbocycles. The minimum absolute atomic E-state index is 0.0420. The highest BCUT2D eigenvalue weighted by molar-refractivity contribution is 5.75. The van der Waals surface area contributed by atoms with Gasteiger partial charge in [0.1, 0.15) is 5.75 Å². The van der Waals surface area contributed by atoms with Gasteiger partial charge in [0.05, 0.1) is 25.0 Å². The minimum Gasteiger partial charge on any atom is -0.491 e. The zero-order chi connectivity index (χ0) is 14.2. The Balaban J connectivity index is 1.62. The fourth-order valence-electron chi connectivity index (χ4n) is 1.70. The number of anilines is 1. The Labute approximate surface area is 117 Å². The molecule has 1 amide bonds. The number of nitrogens with two attached hydrogens (primary N) is 1. The largest absolute Gasteiger partial charge is 0.491 e. The molecule has 3 N–H and O–H groups in total. The van der Waals surface area contributed by atoms with Crippen molar-refractivity contribution >= 4 is 11.6 Å². The van der Waals surface area contributed by atoms with Gasteiger partial charge in [0.2, 0.25) is 5.91 Å². The summed E-state index contributed by atoms with van der Waals surface area (Å²) < 4.78 is 7.36. The minimum atomic E-state index is -0.0420. The van der Waals surface area contributed by atoms with Crippen LogP contribution in [0.2, 0.25) is 0 Å². The van der Waals surface area contributed by atoms with Crippen LogP contribution < -0.4 is 15.8 Å². The van der Waals surface area contributed by atoms with E-state index in [4.69, 9.17) is 10.5 Å². The Kier molecular flexibility index (Phi) is 5.00. The van der Waals surface area contributed by atoms with Gasteiger partial charge >= 0.3 is 0 Å². The molecule has 0 radical (unpaired) electrons. The first kappa shape index (κ1) is 13.9. The van der Waals surface area contributed by atoms with Crippen LogP contribution in [0.25, 0.3) is 0 Å². The third-order valence-corrected chi connectivity index (χ3v) is 2.76. The van der Waals surface area contributed by atoms with Crippen molar-refractivity contribution in [2.24, 2.45) is 0 Å². The average Bonchev–Trinajstić information content (AvgIpc) is 2.94. The molecule has 6 nitrogen and oxygen atoms in total. The van der Waals surface area contributed by atoms with Crippen molar-refractivity contribution in [1.29, 1.82) is 0 Å². The second-order valence-electron chi connectivity index (χ2n) is 4.29. The topological polar surface area (TPSA) is 82.2 Å². The summed E-state index contributed by atoms with van der Waals surface area (Å²) in [5.74, 6) is 0.568. The van der Waals surface area contributed by atoms with E-state index in [-0.39, 0.29) is 5.91 Å². The van der Waals surface area contributed by atoms with Crippen molar-refractivity contribution in [1.82, 2.24) is 14.9 Å². The van der Waals surface area contributed by atoms with E-state index in [1.54, 1.807) is 24.7 Å². The molecular weight excluding hydrogens is 256 g/mol. The van der Waals surface area contributed by atoms with Crippen molar-refractivity contribution in [2.45, 2.75) is 13.0 Å². The maximum Gasteiger partial charge on any atom is 0.223 e. The Morgan fingerprint density at radius 1 is 1.40 bits per heavy atom. The first-order valence-corrected chi connectivity index (χ1v) is 6.45. The lowest BCUT2D eigenvalue weighted by atomic mass is 10.3. The summed E-state index contributed by atoms with van der Waals surface area (Å²) in [6.45, 7) is 1.59. The van der Waals surface area contributed by atoms with E-state index in [1.807, 2.05) is 22.9 Å². The number of amides is 1. The number of para-hydroxylation sites is 2. The van der Waals surface area contributed by atoms with Gasteiger partial charge in [-0.05, 0) is 12.1 Å². The fraction of sp³-hybridized carbons (Fsp3) is 0.286. The van der Waals surface area contributed by atoms with E-state index < -0.39 is 0 Å². The molecule has 6 heteroatoms. The summed E-state index contributed by atoms with van der Waals surface area (Å²) in [4.78, 5) is 15.5. The Bertz CT molecular complexity index is 540. The molecule has 0 saturated heterocycles. The zero-order valence-corrected chi connectivity index (χ0v) is 11.2. The highest BCUT2D eigenvalue weighted by atomic mass is 16.5. The molecule has 0 saturated carbocycles. The summed E-state index contributed by atoms with van der Waals surface area (Å²) in [6.07, 6.45) is 5.58. The van der Waals surface area contributed by atoms with Crippen LogP contribution in [0.4, 0.5) is 5.69 Å². The average molecular weight is 274 g/mol. The number of carbonyl (C=O) groups excluding carboxylic acids is 1. The number of nitrogens with zero attached hydrogens (tertiary/aromatic N) is 2. The van der Waals surface area contributed by atoms with Gasteiger partial charge in [-0.2, -0.15) is 0 Å². The molecule has 106 valence electrons. The third-order valence-electron chi connectivity index (χ3n) is 2.76. The molecule has 20 heavy (non-hydrogen) atoms. The number of benzene rings is 1. The quantitative estimate of drug-likeness (QED) is 0.739. The number of hydrogen-bond donors (Lipinski definition) is 2. The molecule has 1 aromatic heterocycles. The molecule has 0 aliphatic carbocycles. The van der Waals surface area contributed by atoms with Crippen LogP contribution >= 0.6 is 0 Å². The number of ether oxygens (including phenoxy) is 1. The van der Waals surface area contributed by atoms with Crippen LogP contribution in [0.1, 0.15) is 6.42 Å². The van der Waals surface area contributed by atoms with Gasteiger partial charge in [0, 0.05) is 25.5 Å². The number of hydrogen-bond acceptors (Lipinski definition) is 4. The molecular formula is C14H18N4O2. The molecule has 0 fully saturated rings. The van der Waals surface area contributed by atoms with Crippen molar-refractivity contribution in [3.05, 3.63) is 43.0 Å². The van der Waals surface area contributed by atoms with Gasteiger partial charge in [0.15, 0.2) is 0 Å². The maximum absolute atomic E-state index is 11.6. The van der Waals surface area contributed by atoms with Crippen LogP contribution in [0.5, 0.6) is 5.75 Å². The van der Waals surface area contributed by atoms with Crippen molar-refractivity contribution < 1.29 is 9.53 Å².